The van der Waals surface area contributed by atoms with Gasteiger partial charge in [-0.05, 0) is 24.1 Å². The fourth-order valence-electron chi connectivity index (χ4n) is 1.01. The van der Waals surface area contributed by atoms with E-state index in [1.165, 1.54) is 0 Å². The Morgan fingerprint density at radius 1 is 1.47 bits per heavy atom. The van der Waals surface area contributed by atoms with Crippen LogP contribution in [0.4, 0.5) is 5.82 Å². The smallest absolute Gasteiger partial charge is 0.137 e. The first-order valence-electron chi connectivity index (χ1n) is 5.01. The van der Waals surface area contributed by atoms with E-state index in [2.05, 4.69) is 24.1 Å². The summed E-state index contributed by atoms with van der Waals surface area (Å²) in [5, 5.41) is 3.24. The summed E-state index contributed by atoms with van der Waals surface area (Å²) in [4.78, 5) is 4.21. The summed E-state index contributed by atoms with van der Waals surface area (Å²) in [5.41, 5.74) is 5.72. The van der Waals surface area contributed by atoms with Crippen molar-refractivity contribution >= 4 is 5.82 Å². The number of hydrogen-bond donors (Lipinski definition) is 2. The summed E-state index contributed by atoms with van der Waals surface area (Å²) in [7, 11) is 1.63. The van der Waals surface area contributed by atoms with Gasteiger partial charge in [-0.3, -0.25) is 0 Å². The lowest BCUT2D eigenvalue weighted by Gasteiger charge is -2.22. The second kappa shape index (κ2) is 4.98. The molecule has 1 aromatic heterocycles. The number of nitrogens with zero attached hydrogens (tertiary/aromatic N) is 1. The molecule has 3 N–H and O–H groups in total. The minimum absolute atomic E-state index is 0.0849. The van der Waals surface area contributed by atoms with Gasteiger partial charge in [0.1, 0.15) is 11.6 Å². The van der Waals surface area contributed by atoms with Gasteiger partial charge in [0.25, 0.3) is 0 Å². The summed E-state index contributed by atoms with van der Waals surface area (Å²) in [5.74, 6) is 1.61. The lowest BCUT2D eigenvalue weighted by atomic mass is 9.94. The molecule has 0 bridgehead atoms. The first-order valence-corrected chi connectivity index (χ1v) is 5.01. The van der Waals surface area contributed by atoms with Gasteiger partial charge in [-0.15, -0.1) is 0 Å². The van der Waals surface area contributed by atoms with Crippen molar-refractivity contribution < 1.29 is 4.74 Å². The Balaban J connectivity index is 2.51. The minimum Gasteiger partial charge on any atom is -0.495 e. The first kappa shape index (κ1) is 11.8. The molecule has 0 saturated carbocycles. The number of pyridine rings is 1. The number of aromatic nitrogens is 1. The van der Waals surface area contributed by atoms with Crippen LogP contribution in [-0.2, 0) is 0 Å². The molecule has 0 radical (unpaired) electrons. The van der Waals surface area contributed by atoms with Crippen LogP contribution in [0, 0.1) is 5.41 Å². The highest BCUT2D eigenvalue weighted by molar-refractivity contribution is 5.37. The predicted octanol–water partition coefficient (Wildman–Crippen LogP) is 1.49. The molecule has 1 rings (SSSR count). The molecule has 15 heavy (non-hydrogen) atoms. The molecule has 0 aliphatic rings. The van der Waals surface area contributed by atoms with Crippen LogP contribution >= 0.6 is 0 Å². The van der Waals surface area contributed by atoms with Crippen molar-refractivity contribution in [1.82, 2.24) is 4.98 Å². The van der Waals surface area contributed by atoms with Crippen LogP contribution < -0.4 is 15.8 Å². The number of methoxy groups -OCH3 is 1. The van der Waals surface area contributed by atoms with E-state index in [-0.39, 0.29) is 5.41 Å². The molecule has 0 amide bonds. The zero-order chi connectivity index (χ0) is 11.3. The Kier molecular flexibility index (Phi) is 3.91. The molecule has 0 aromatic carbocycles. The molecule has 0 unspecified atom stereocenters. The molecule has 84 valence electrons. The summed E-state index contributed by atoms with van der Waals surface area (Å²) in [6.45, 7) is 5.69. The second-order valence-corrected chi connectivity index (χ2v) is 4.31. The van der Waals surface area contributed by atoms with Gasteiger partial charge in [-0.2, -0.15) is 0 Å². The third-order valence-electron chi connectivity index (χ3n) is 2.27. The van der Waals surface area contributed by atoms with Crippen LogP contribution in [0.2, 0.25) is 0 Å². The minimum atomic E-state index is 0.0849. The molecule has 0 fully saturated rings. The Hall–Kier alpha value is -1.29. The normalized spacial score (nSPS) is 11.2. The molecule has 1 heterocycles. The van der Waals surface area contributed by atoms with Gasteiger partial charge < -0.3 is 15.8 Å². The highest BCUT2D eigenvalue weighted by Gasteiger charge is 2.14. The lowest BCUT2D eigenvalue weighted by Crippen LogP contribution is -2.31. The number of anilines is 1. The van der Waals surface area contributed by atoms with Gasteiger partial charge in [0.15, 0.2) is 0 Å². The average molecular weight is 209 g/mol. The fraction of sp³-hybridized carbons (Fsp3) is 0.545. The van der Waals surface area contributed by atoms with E-state index in [1.54, 1.807) is 13.3 Å². The van der Waals surface area contributed by atoms with Crippen LogP contribution in [-0.4, -0.2) is 25.2 Å². The largest absolute Gasteiger partial charge is 0.495 e. The summed E-state index contributed by atoms with van der Waals surface area (Å²) >= 11 is 0. The van der Waals surface area contributed by atoms with Crippen LogP contribution in [0.5, 0.6) is 5.75 Å². The van der Waals surface area contributed by atoms with E-state index in [4.69, 9.17) is 10.5 Å². The maximum absolute atomic E-state index is 5.64. The standard InChI is InChI=1S/C11H19N3O/c1-11(2,7-12)8-14-10-5-4-9(15-3)6-13-10/h4-6H,7-8,12H2,1-3H3,(H,13,14). The monoisotopic (exact) mass is 209 g/mol. The number of nitrogens with two attached hydrogens (primary N) is 1. The van der Waals surface area contributed by atoms with Crippen molar-refractivity contribution in [1.29, 1.82) is 0 Å². The number of nitrogens with one attached hydrogen (secondary N) is 1. The highest BCUT2D eigenvalue weighted by Crippen LogP contribution is 2.15. The van der Waals surface area contributed by atoms with Gasteiger partial charge >= 0.3 is 0 Å². The summed E-state index contributed by atoms with van der Waals surface area (Å²) in [6, 6.07) is 3.77. The highest BCUT2D eigenvalue weighted by atomic mass is 16.5. The molecule has 0 aliphatic heterocycles. The lowest BCUT2D eigenvalue weighted by molar-refractivity contribution is 0.404. The van der Waals surface area contributed by atoms with Crippen LogP contribution in [0.3, 0.4) is 0 Å². The maximum Gasteiger partial charge on any atom is 0.137 e. The Bertz CT molecular complexity index is 295. The topological polar surface area (TPSA) is 60.2 Å². The van der Waals surface area contributed by atoms with E-state index in [0.29, 0.717) is 6.54 Å². The van der Waals surface area contributed by atoms with E-state index in [9.17, 15) is 0 Å². The van der Waals surface area contributed by atoms with Crippen molar-refractivity contribution in [3.63, 3.8) is 0 Å². The molecule has 0 spiro atoms. The maximum atomic E-state index is 5.64. The van der Waals surface area contributed by atoms with Crippen LogP contribution in [0.15, 0.2) is 18.3 Å². The molecule has 0 atom stereocenters. The third kappa shape index (κ3) is 3.75. The third-order valence-corrected chi connectivity index (χ3v) is 2.27. The van der Waals surface area contributed by atoms with Crippen molar-refractivity contribution in [2.24, 2.45) is 11.1 Å². The number of rotatable bonds is 5. The second-order valence-electron chi connectivity index (χ2n) is 4.31. The van der Waals surface area contributed by atoms with Gasteiger partial charge in [-0.25, -0.2) is 4.98 Å². The molecule has 0 saturated heterocycles. The number of ether oxygens (including phenoxy) is 1. The average Bonchev–Trinajstić information content (AvgIpc) is 2.27. The summed E-state index contributed by atoms with van der Waals surface area (Å²) in [6.07, 6.45) is 1.69. The SMILES string of the molecule is COc1ccc(NCC(C)(C)CN)nc1. The predicted molar refractivity (Wildman–Crippen MR) is 62.1 cm³/mol. The molecular weight excluding hydrogens is 190 g/mol. The zero-order valence-electron chi connectivity index (χ0n) is 9.58. The Labute approximate surface area is 90.8 Å². The van der Waals surface area contributed by atoms with Gasteiger partial charge in [0, 0.05) is 6.54 Å². The molecule has 4 nitrogen and oxygen atoms in total. The van der Waals surface area contributed by atoms with Crippen molar-refractivity contribution in [2.75, 3.05) is 25.5 Å². The Morgan fingerprint density at radius 2 is 2.20 bits per heavy atom. The first-order chi connectivity index (χ1) is 7.07. The van der Waals surface area contributed by atoms with Gasteiger partial charge in [0.05, 0.1) is 13.3 Å². The number of hydrogen-bond acceptors (Lipinski definition) is 4. The molecule has 1 aromatic rings. The van der Waals surface area contributed by atoms with E-state index >= 15 is 0 Å². The summed E-state index contributed by atoms with van der Waals surface area (Å²) < 4.78 is 5.03. The molecule has 0 aliphatic carbocycles. The van der Waals surface area contributed by atoms with E-state index in [0.717, 1.165) is 18.1 Å². The molecular formula is C11H19N3O. The fourth-order valence-corrected chi connectivity index (χ4v) is 1.01. The van der Waals surface area contributed by atoms with Crippen molar-refractivity contribution in [2.45, 2.75) is 13.8 Å². The van der Waals surface area contributed by atoms with E-state index < -0.39 is 0 Å². The van der Waals surface area contributed by atoms with Crippen LogP contribution in [0.1, 0.15) is 13.8 Å². The van der Waals surface area contributed by atoms with E-state index in [1.807, 2.05) is 12.1 Å². The Morgan fingerprint density at radius 3 is 2.67 bits per heavy atom. The molecule has 4 heteroatoms. The van der Waals surface area contributed by atoms with Crippen LogP contribution in [0.25, 0.3) is 0 Å². The van der Waals surface area contributed by atoms with Gasteiger partial charge in [-0.1, -0.05) is 13.8 Å². The quantitative estimate of drug-likeness (QED) is 0.771. The van der Waals surface area contributed by atoms with Gasteiger partial charge in [0.2, 0.25) is 0 Å². The van der Waals surface area contributed by atoms with Crippen molar-refractivity contribution in [3.05, 3.63) is 18.3 Å². The zero-order valence-corrected chi connectivity index (χ0v) is 9.58. The van der Waals surface area contributed by atoms with Crippen molar-refractivity contribution in [3.8, 4) is 5.75 Å².